The van der Waals surface area contributed by atoms with E-state index in [0.717, 1.165) is 58.8 Å². The van der Waals surface area contributed by atoms with Crippen molar-refractivity contribution in [3.63, 3.8) is 0 Å². The summed E-state index contributed by atoms with van der Waals surface area (Å²) in [5.41, 5.74) is 5.60. The third kappa shape index (κ3) is 4.99. The molecule has 0 saturated carbocycles. The van der Waals surface area contributed by atoms with E-state index in [0.29, 0.717) is 24.7 Å². The summed E-state index contributed by atoms with van der Waals surface area (Å²) >= 11 is 1.51. The topological polar surface area (TPSA) is 96.9 Å². The Bertz CT molecular complexity index is 1400. The van der Waals surface area contributed by atoms with Crippen molar-refractivity contribution < 1.29 is 19.1 Å². The lowest BCUT2D eigenvalue weighted by atomic mass is 10.00. The minimum atomic E-state index is -0.343. The summed E-state index contributed by atoms with van der Waals surface area (Å²) in [5.74, 6) is 0.896. The number of ether oxygens (including phenoxy) is 2. The summed E-state index contributed by atoms with van der Waals surface area (Å²) in [7, 11) is 1.60. The summed E-state index contributed by atoms with van der Waals surface area (Å²) in [5, 5.41) is 2.89. The van der Waals surface area contributed by atoms with E-state index in [1.165, 1.54) is 17.3 Å². The van der Waals surface area contributed by atoms with E-state index < -0.39 is 0 Å². The van der Waals surface area contributed by atoms with E-state index in [1.807, 2.05) is 30.3 Å². The van der Waals surface area contributed by atoms with Crippen molar-refractivity contribution in [1.82, 2.24) is 14.9 Å². The van der Waals surface area contributed by atoms with Crippen molar-refractivity contribution in [2.24, 2.45) is 0 Å². The molecule has 1 N–H and O–H groups in total. The summed E-state index contributed by atoms with van der Waals surface area (Å²) in [4.78, 5) is 38.4. The highest BCUT2D eigenvalue weighted by Gasteiger charge is 2.34. The number of cyclic esters (lactones) is 1. The molecule has 1 atom stereocenters. The SMILES string of the molecule is COc1cnc2cccc(C=C3CCN(C[C@@H]4CN(c5ccc6c(c5)NC(=O)CS6)C(=O)O4)CC3)c2n1. The van der Waals surface area contributed by atoms with Gasteiger partial charge in [0.05, 0.1) is 42.3 Å². The first-order chi connectivity index (χ1) is 18.1. The zero-order valence-corrected chi connectivity index (χ0v) is 21.3. The zero-order valence-electron chi connectivity index (χ0n) is 20.5. The minimum absolute atomic E-state index is 0.0249. The fourth-order valence-corrected chi connectivity index (χ4v) is 5.78. The van der Waals surface area contributed by atoms with E-state index in [9.17, 15) is 9.59 Å². The average molecular weight is 518 g/mol. The van der Waals surface area contributed by atoms with Crippen LogP contribution in [-0.2, 0) is 9.53 Å². The Morgan fingerprint density at radius 3 is 2.92 bits per heavy atom. The second-order valence-corrected chi connectivity index (χ2v) is 10.4. The predicted octanol–water partition coefficient (Wildman–Crippen LogP) is 4.19. The van der Waals surface area contributed by atoms with Gasteiger partial charge in [-0.2, -0.15) is 0 Å². The van der Waals surface area contributed by atoms with Crippen LogP contribution in [0.15, 0.2) is 53.1 Å². The van der Waals surface area contributed by atoms with E-state index in [-0.39, 0.29) is 18.1 Å². The molecule has 3 aliphatic heterocycles. The highest BCUT2D eigenvalue weighted by atomic mass is 32.2. The highest BCUT2D eigenvalue weighted by molar-refractivity contribution is 8.00. The molecule has 37 heavy (non-hydrogen) atoms. The first-order valence-electron chi connectivity index (χ1n) is 12.3. The van der Waals surface area contributed by atoms with Crippen LogP contribution >= 0.6 is 11.8 Å². The van der Waals surface area contributed by atoms with Crippen LogP contribution in [0.25, 0.3) is 17.1 Å². The largest absolute Gasteiger partial charge is 0.480 e. The molecule has 4 heterocycles. The number of likely N-dealkylation sites (tertiary alicyclic amines) is 1. The van der Waals surface area contributed by atoms with E-state index >= 15 is 0 Å². The summed E-state index contributed by atoms with van der Waals surface area (Å²) in [6.07, 6.45) is 5.21. The number of nitrogens with one attached hydrogen (secondary N) is 1. The zero-order chi connectivity index (χ0) is 25.4. The Balaban J connectivity index is 1.08. The molecule has 2 aromatic carbocycles. The Morgan fingerprint density at radius 1 is 1.22 bits per heavy atom. The fraction of sp³-hybridized carbons (Fsp3) is 0.333. The Morgan fingerprint density at radius 2 is 2.08 bits per heavy atom. The van der Waals surface area contributed by atoms with Gasteiger partial charge in [0.25, 0.3) is 0 Å². The number of piperidine rings is 1. The maximum absolute atomic E-state index is 12.6. The van der Waals surface area contributed by atoms with Gasteiger partial charge < -0.3 is 14.8 Å². The Hall–Kier alpha value is -3.63. The van der Waals surface area contributed by atoms with Gasteiger partial charge in [-0.25, -0.2) is 14.8 Å². The van der Waals surface area contributed by atoms with Gasteiger partial charge in [-0.15, -0.1) is 11.8 Å². The van der Waals surface area contributed by atoms with Crippen LogP contribution in [-0.4, -0.2) is 72.0 Å². The number of hydrogen-bond acceptors (Lipinski definition) is 8. The van der Waals surface area contributed by atoms with Gasteiger partial charge >= 0.3 is 6.09 Å². The van der Waals surface area contributed by atoms with Crippen molar-refractivity contribution >= 4 is 52.2 Å². The van der Waals surface area contributed by atoms with E-state index in [2.05, 4.69) is 32.3 Å². The molecule has 6 rings (SSSR count). The van der Waals surface area contributed by atoms with Gasteiger partial charge in [0, 0.05) is 35.8 Å². The van der Waals surface area contributed by atoms with Crippen LogP contribution in [0.4, 0.5) is 16.2 Å². The third-order valence-electron chi connectivity index (χ3n) is 6.89. The Labute approximate surface area is 218 Å². The second-order valence-electron chi connectivity index (χ2n) is 9.36. The summed E-state index contributed by atoms with van der Waals surface area (Å²) in [6.45, 7) is 3.00. The molecule has 1 aromatic heterocycles. The van der Waals surface area contributed by atoms with Crippen LogP contribution in [0.1, 0.15) is 18.4 Å². The first kappa shape index (κ1) is 23.7. The van der Waals surface area contributed by atoms with Gasteiger partial charge in [-0.1, -0.05) is 23.8 Å². The van der Waals surface area contributed by atoms with Crippen LogP contribution < -0.4 is 15.0 Å². The molecule has 2 fully saturated rings. The van der Waals surface area contributed by atoms with Gasteiger partial charge in [-0.3, -0.25) is 14.6 Å². The lowest BCUT2D eigenvalue weighted by Crippen LogP contribution is -2.38. The van der Waals surface area contributed by atoms with E-state index in [4.69, 9.17) is 9.47 Å². The number of benzene rings is 2. The van der Waals surface area contributed by atoms with Gasteiger partial charge in [0.15, 0.2) is 0 Å². The first-order valence-corrected chi connectivity index (χ1v) is 13.3. The quantitative estimate of drug-likeness (QED) is 0.538. The normalized spacial score (nSPS) is 20.0. The highest BCUT2D eigenvalue weighted by Crippen LogP contribution is 2.35. The monoisotopic (exact) mass is 517 g/mol. The van der Waals surface area contributed by atoms with Crippen LogP contribution in [0.3, 0.4) is 0 Å². The summed E-state index contributed by atoms with van der Waals surface area (Å²) in [6, 6.07) is 11.7. The minimum Gasteiger partial charge on any atom is -0.480 e. The number of rotatable bonds is 5. The Kier molecular flexibility index (Phi) is 6.43. The standard InChI is InChI=1S/C27H27N5O4S/c1-35-25-13-28-21-4-2-3-18(26(21)30-25)11-17-7-9-31(10-8-17)14-20-15-32(27(34)36-20)19-5-6-23-22(12-19)29-24(33)16-37-23/h2-6,11-13,20H,7-10,14-16H2,1H3,(H,29,33)/t20-/m1/s1. The number of carbonyl (C=O) groups is 2. The molecular formula is C27H27N5O4S. The molecule has 3 aliphatic rings. The molecule has 0 spiro atoms. The predicted molar refractivity (Wildman–Crippen MR) is 143 cm³/mol. The molecule has 0 radical (unpaired) electrons. The van der Waals surface area contributed by atoms with Crippen LogP contribution in [0.2, 0.25) is 0 Å². The van der Waals surface area contributed by atoms with E-state index in [1.54, 1.807) is 18.2 Å². The molecule has 3 aromatic rings. The summed E-state index contributed by atoms with van der Waals surface area (Å²) < 4.78 is 11.0. The fourth-order valence-electron chi connectivity index (χ4n) is 4.99. The number of carbonyl (C=O) groups excluding carboxylic acids is 2. The van der Waals surface area contributed by atoms with Gasteiger partial charge in [-0.05, 0) is 37.1 Å². The molecule has 9 nitrogen and oxygen atoms in total. The number of nitrogens with zero attached hydrogens (tertiary/aromatic N) is 4. The molecule has 190 valence electrons. The number of amides is 2. The molecule has 0 bridgehead atoms. The van der Waals surface area contributed by atoms with Crippen molar-refractivity contribution in [2.75, 3.05) is 49.3 Å². The number of fused-ring (bicyclic) bond motifs is 2. The molecule has 2 amide bonds. The number of para-hydroxylation sites is 1. The number of hydrogen-bond donors (Lipinski definition) is 1. The molecular weight excluding hydrogens is 490 g/mol. The molecule has 2 saturated heterocycles. The van der Waals surface area contributed by atoms with Crippen molar-refractivity contribution in [1.29, 1.82) is 0 Å². The number of methoxy groups -OCH3 is 1. The third-order valence-corrected chi connectivity index (χ3v) is 7.97. The lowest BCUT2D eigenvalue weighted by Gasteiger charge is -2.29. The van der Waals surface area contributed by atoms with Crippen LogP contribution in [0, 0.1) is 0 Å². The second kappa shape index (κ2) is 10.0. The average Bonchev–Trinajstić information content (AvgIpc) is 3.29. The van der Waals surface area contributed by atoms with Crippen molar-refractivity contribution in [3.8, 4) is 5.88 Å². The number of anilines is 2. The van der Waals surface area contributed by atoms with Gasteiger partial charge in [0.2, 0.25) is 11.8 Å². The molecule has 0 unspecified atom stereocenters. The van der Waals surface area contributed by atoms with Crippen molar-refractivity contribution in [2.45, 2.75) is 23.8 Å². The van der Waals surface area contributed by atoms with Crippen LogP contribution in [0.5, 0.6) is 5.88 Å². The number of thioether (sulfide) groups is 1. The molecule has 10 heteroatoms. The van der Waals surface area contributed by atoms with Crippen molar-refractivity contribution in [3.05, 3.63) is 53.7 Å². The molecule has 0 aliphatic carbocycles. The number of aromatic nitrogens is 2. The maximum atomic E-state index is 12.6. The smallest absolute Gasteiger partial charge is 0.414 e. The lowest BCUT2D eigenvalue weighted by molar-refractivity contribution is -0.113. The van der Waals surface area contributed by atoms with Gasteiger partial charge in [0.1, 0.15) is 6.10 Å². The maximum Gasteiger partial charge on any atom is 0.414 e.